The molecule has 0 aromatic carbocycles. The van der Waals surface area contributed by atoms with Gasteiger partial charge in [-0.1, -0.05) is 13.3 Å². The Balaban J connectivity index is 2.38. The average Bonchev–Trinajstić information content (AvgIpc) is 2.10. The maximum absolute atomic E-state index is 13.0. The number of hydrogen-bond acceptors (Lipinski definition) is 0. The molecule has 9 heavy (non-hydrogen) atoms. The molecule has 1 rings (SSSR count). The van der Waals surface area contributed by atoms with Crippen LogP contribution >= 0.6 is 22.6 Å². The van der Waals surface area contributed by atoms with Crippen molar-refractivity contribution in [2.45, 2.75) is 36.3 Å². The lowest BCUT2D eigenvalue weighted by atomic mass is 10.1. The Kier molecular flexibility index (Phi) is 2.35. The molecule has 0 saturated heterocycles. The molecule has 0 aliphatic heterocycles. The molecule has 0 spiro atoms. The second kappa shape index (κ2) is 2.72. The maximum atomic E-state index is 13.0. The standard InChI is InChI=1S/C7H12FI/c1-2-6-3-4-7(8,9)5-6/h6H,2-5H2,1H3. The lowest BCUT2D eigenvalue weighted by Crippen LogP contribution is -2.06. The van der Waals surface area contributed by atoms with Gasteiger partial charge in [0, 0.05) is 0 Å². The summed E-state index contributed by atoms with van der Waals surface area (Å²) >= 11 is 1.94. The second-order valence-electron chi connectivity index (χ2n) is 2.87. The summed E-state index contributed by atoms with van der Waals surface area (Å²) < 4.78 is 12.2. The van der Waals surface area contributed by atoms with Crippen LogP contribution in [0.2, 0.25) is 0 Å². The van der Waals surface area contributed by atoms with Crippen LogP contribution in [0, 0.1) is 5.92 Å². The van der Waals surface area contributed by atoms with Crippen LogP contribution < -0.4 is 0 Å². The zero-order chi connectivity index (χ0) is 6.91. The number of halogens is 2. The molecule has 2 unspecified atom stereocenters. The summed E-state index contributed by atoms with van der Waals surface area (Å²) in [6.45, 7) is 2.14. The Hall–Kier alpha value is 0.660. The Morgan fingerprint density at radius 2 is 2.44 bits per heavy atom. The van der Waals surface area contributed by atoms with Gasteiger partial charge < -0.3 is 0 Å². The summed E-state index contributed by atoms with van der Waals surface area (Å²) in [5, 5.41) is 0. The summed E-state index contributed by atoms with van der Waals surface area (Å²) in [4.78, 5) is 0. The molecule has 0 aromatic rings. The van der Waals surface area contributed by atoms with E-state index in [1.807, 2.05) is 22.6 Å². The highest BCUT2D eigenvalue weighted by Gasteiger charge is 2.35. The number of hydrogen-bond donors (Lipinski definition) is 0. The van der Waals surface area contributed by atoms with Crippen molar-refractivity contribution in [3.8, 4) is 0 Å². The summed E-state index contributed by atoms with van der Waals surface area (Å²) in [7, 11) is 0. The van der Waals surface area contributed by atoms with Gasteiger partial charge in [0.15, 0.2) is 3.68 Å². The molecular weight excluding hydrogens is 230 g/mol. The van der Waals surface area contributed by atoms with E-state index in [2.05, 4.69) is 6.92 Å². The fraction of sp³-hybridized carbons (Fsp3) is 1.00. The Morgan fingerprint density at radius 1 is 1.78 bits per heavy atom. The molecule has 2 heteroatoms. The van der Waals surface area contributed by atoms with E-state index in [0.29, 0.717) is 5.92 Å². The molecule has 0 bridgehead atoms. The number of alkyl halides is 2. The van der Waals surface area contributed by atoms with Crippen LogP contribution in [0.25, 0.3) is 0 Å². The van der Waals surface area contributed by atoms with E-state index in [1.54, 1.807) is 0 Å². The smallest absolute Gasteiger partial charge is 0.161 e. The predicted molar refractivity (Wildman–Crippen MR) is 45.5 cm³/mol. The molecule has 0 N–H and O–H groups in total. The third-order valence-corrected chi connectivity index (χ3v) is 3.06. The van der Waals surface area contributed by atoms with Gasteiger partial charge in [-0.25, -0.2) is 4.39 Å². The summed E-state index contributed by atoms with van der Waals surface area (Å²) in [6.07, 6.45) is 3.79. The molecule has 0 radical (unpaired) electrons. The first-order chi connectivity index (χ1) is 4.14. The van der Waals surface area contributed by atoms with Crippen LogP contribution in [-0.2, 0) is 0 Å². The average molecular weight is 242 g/mol. The topological polar surface area (TPSA) is 0 Å². The van der Waals surface area contributed by atoms with Gasteiger partial charge in [-0.15, -0.1) is 0 Å². The van der Waals surface area contributed by atoms with Crippen molar-refractivity contribution in [3.05, 3.63) is 0 Å². The molecule has 1 aliphatic carbocycles. The van der Waals surface area contributed by atoms with Crippen LogP contribution in [0.5, 0.6) is 0 Å². The minimum Gasteiger partial charge on any atom is -0.232 e. The minimum atomic E-state index is -0.863. The minimum absolute atomic E-state index is 0.659. The highest BCUT2D eigenvalue weighted by atomic mass is 127. The third kappa shape index (κ3) is 2.06. The van der Waals surface area contributed by atoms with Gasteiger partial charge in [0.2, 0.25) is 0 Å². The first kappa shape index (κ1) is 7.76. The molecule has 0 amide bonds. The molecule has 1 fully saturated rings. The molecule has 54 valence electrons. The molecule has 1 saturated carbocycles. The van der Waals surface area contributed by atoms with Gasteiger partial charge in [-0.2, -0.15) is 0 Å². The lowest BCUT2D eigenvalue weighted by Gasteiger charge is -2.08. The molecule has 0 heterocycles. The van der Waals surface area contributed by atoms with Gasteiger partial charge >= 0.3 is 0 Å². The van der Waals surface area contributed by atoms with Crippen molar-refractivity contribution in [1.29, 1.82) is 0 Å². The summed E-state index contributed by atoms with van der Waals surface area (Å²) in [6, 6.07) is 0. The number of rotatable bonds is 1. The zero-order valence-electron chi connectivity index (χ0n) is 5.66. The van der Waals surface area contributed by atoms with Crippen molar-refractivity contribution in [2.75, 3.05) is 0 Å². The largest absolute Gasteiger partial charge is 0.232 e. The summed E-state index contributed by atoms with van der Waals surface area (Å²) in [5.41, 5.74) is 0. The van der Waals surface area contributed by atoms with Crippen LogP contribution in [0.15, 0.2) is 0 Å². The third-order valence-electron chi connectivity index (χ3n) is 2.08. The zero-order valence-corrected chi connectivity index (χ0v) is 7.82. The Bertz CT molecular complexity index is 101. The highest BCUT2D eigenvalue weighted by molar-refractivity contribution is 14.1. The summed E-state index contributed by atoms with van der Waals surface area (Å²) in [5.74, 6) is 0.659. The van der Waals surface area contributed by atoms with E-state index < -0.39 is 3.68 Å². The van der Waals surface area contributed by atoms with Gasteiger partial charge in [0.25, 0.3) is 0 Å². The van der Waals surface area contributed by atoms with Gasteiger partial charge in [-0.05, 0) is 47.8 Å². The maximum Gasteiger partial charge on any atom is 0.161 e. The second-order valence-corrected chi connectivity index (χ2v) is 4.81. The SMILES string of the molecule is CCC1CCC(F)(I)C1. The molecule has 2 atom stereocenters. The van der Waals surface area contributed by atoms with Crippen LogP contribution in [0.1, 0.15) is 32.6 Å². The van der Waals surface area contributed by atoms with E-state index in [-0.39, 0.29) is 0 Å². The van der Waals surface area contributed by atoms with Gasteiger partial charge in [0.05, 0.1) is 0 Å². The van der Waals surface area contributed by atoms with Gasteiger partial charge in [0.1, 0.15) is 0 Å². The van der Waals surface area contributed by atoms with Crippen molar-refractivity contribution in [2.24, 2.45) is 5.92 Å². The van der Waals surface area contributed by atoms with E-state index >= 15 is 0 Å². The molecular formula is C7H12FI. The first-order valence-corrected chi connectivity index (χ1v) is 4.60. The quantitative estimate of drug-likeness (QED) is 0.488. The molecule has 1 aliphatic rings. The normalized spacial score (nSPS) is 43.7. The van der Waals surface area contributed by atoms with Crippen LogP contribution in [-0.4, -0.2) is 3.68 Å². The van der Waals surface area contributed by atoms with Crippen LogP contribution in [0.3, 0.4) is 0 Å². The van der Waals surface area contributed by atoms with Crippen molar-refractivity contribution in [3.63, 3.8) is 0 Å². The predicted octanol–water partition coefficient (Wildman–Crippen LogP) is 3.30. The highest BCUT2D eigenvalue weighted by Crippen LogP contribution is 2.43. The van der Waals surface area contributed by atoms with E-state index in [1.165, 1.54) is 0 Å². The fourth-order valence-corrected chi connectivity index (χ4v) is 2.32. The monoisotopic (exact) mass is 242 g/mol. The first-order valence-electron chi connectivity index (χ1n) is 3.52. The Morgan fingerprint density at radius 3 is 2.67 bits per heavy atom. The molecule has 0 nitrogen and oxygen atoms in total. The van der Waals surface area contributed by atoms with E-state index in [0.717, 1.165) is 25.7 Å². The van der Waals surface area contributed by atoms with E-state index in [9.17, 15) is 4.39 Å². The van der Waals surface area contributed by atoms with Crippen molar-refractivity contribution < 1.29 is 4.39 Å². The van der Waals surface area contributed by atoms with Crippen molar-refractivity contribution in [1.82, 2.24) is 0 Å². The van der Waals surface area contributed by atoms with Crippen LogP contribution in [0.4, 0.5) is 4.39 Å². The fourth-order valence-electron chi connectivity index (χ4n) is 1.39. The van der Waals surface area contributed by atoms with E-state index in [4.69, 9.17) is 0 Å². The lowest BCUT2D eigenvalue weighted by molar-refractivity contribution is 0.308. The van der Waals surface area contributed by atoms with Gasteiger partial charge in [-0.3, -0.25) is 0 Å². The Labute approximate surface area is 69.4 Å². The van der Waals surface area contributed by atoms with Crippen molar-refractivity contribution >= 4 is 22.6 Å². The molecule has 0 aromatic heterocycles.